The van der Waals surface area contributed by atoms with E-state index in [1.165, 1.54) is 6.21 Å². The van der Waals surface area contributed by atoms with Crippen molar-refractivity contribution in [2.24, 2.45) is 5.73 Å². The van der Waals surface area contributed by atoms with Crippen LogP contribution in [0.5, 0.6) is 0 Å². The number of ether oxygens (including phenoxy) is 1. The predicted molar refractivity (Wildman–Crippen MR) is 125 cm³/mol. The molecule has 1 aromatic carbocycles. The van der Waals surface area contributed by atoms with E-state index in [0.29, 0.717) is 24.2 Å². The predicted octanol–water partition coefficient (Wildman–Crippen LogP) is 2.63. The third kappa shape index (κ3) is 6.44. The Balaban J connectivity index is 1.76. The van der Waals surface area contributed by atoms with Crippen LogP contribution in [0.1, 0.15) is 55.1 Å². The average Bonchev–Trinajstić information content (AvgIpc) is 3.16. The Morgan fingerprint density at radius 1 is 1.21 bits per heavy atom. The van der Waals surface area contributed by atoms with Crippen molar-refractivity contribution in [3.05, 3.63) is 53.3 Å². The maximum atomic E-state index is 13.1. The van der Waals surface area contributed by atoms with Gasteiger partial charge >= 0.3 is 6.09 Å². The van der Waals surface area contributed by atoms with Crippen LogP contribution >= 0.6 is 0 Å². The van der Waals surface area contributed by atoms with Crippen LogP contribution in [-0.2, 0) is 16.0 Å². The molecule has 3 rings (SSSR count). The van der Waals surface area contributed by atoms with Crippen LogP contribution in [0.3, 0.4) is 0 Å². The van der Waals surface area contributed by atoms with Crippen molar-refractivity contribution in [2.75, 3.05) is 13.1 Å². The molecule has 33 heavy (non-hydrogen) atoms. The molecule has 0 bridgehead atoms. The molecule has 0 spiro atoms. The SMILES string of the molecule is CC(C)(C)OC(=O)N1CCC[C@H](NC(=O)c2cn(-c3ccc(C=N)cc3)cc2CC(N)=O)C1. The molecule has 1 aromatic heterocycles. The molecule has 9 nitrogen and oxygen atoms in total. The first-order valence-corrected chi connectivity index (χ1v) is 10.9. The van der Waals surface area contributed by atoms with Gasteiger partial charge in [0.1, 0.15) is 5.60 Å². The zero-order chi connectivity index (χ0) is 24.2. The third-order valence-electron chi connectivity index (χ3n) is 5.28. The normalized spacial score (nSPS) is 16.2. The van der Waals surface area contributed by atoms with Gasteiger partial charge in [-0.1, -0.05) is 12.1 Å². The Morgan fingerprint density at radius 3 is 2.52 bits per heavy atom. The second-order valence-electron chi connectivity index (χ2n) is 9.22. The van der Waals surface area contributed by atoms with Gasteiger partial charge in [-0.25, -0.2) is 4.79 Å². The summed E-state index contributed by atoms with van der Waals surface area (Å²) in [5.41, 5.74) is 7.25. The number of piperidine rings is 1. The highest BCUT2D eigenvalue weighted by Gasteiger charge is 2.29. The van der Waals surface area contributed by atoms with E-state index in [9.17, 15) is 14.4 Å². The monoisotopic (exact) mass is 453 g/mol. The zero-order valence-corrected chi connectivity index (χ0v) is 19.3. The van der Waals surface area contributed by atoms with E-state index in [0.717, 1.165) is 24.1 Å². The number of carbonyl (C=O) groups is 3. The summed E-state index contributed by atoms with van der Waals surface area (Å²) in [5.74, 6) is -0.855. The minimum absolute atomic E-state index is 0.0664. The Hall–Kier alpha value is -3.62. The van der Waals surface area contributed by atoms with Crippen molar-refractivity contribution in [3.8, 4) is 5.69 Å². The zero-order valence-electron chi connectivity index (χ0n) is 19.3. The van der Waals surface area contributed by atoms with Gasteiger partial charge in [0.05, 0.1) is 12.0 Å². The molecular weight excluding hydrogens is 422 g/mol. The number of nitrogens with one attached hydrogen (secondary N) is 2. The number of hydrogen-bond donors (Lipinski definition) is 3. The number of benzene rings is 1. The van der Waals surface area contributed by atoms with Crippen LogP contribution in [0.25, 0.3) is 5.69 Å². The van der Waals surface area contributed by atoms with Crippen LogP contribution in [-0.4, -0.2) is 58.3 Å². The van der Waals surface area contributed by atoms with E-state index in [-0.39, 0.29) is 18.4 Å². The summed E-state index contributed by atoms with van der Waals surface area (Å²) >= 11 is 0. The fourth-order valence-corrected chi connectivity index (χ4v) is 3.77. The number of nitrogens with zero attached hydrogens (tertiary/aromatic N) is 2. The fraction of sp³-hybridized carbons (Fsp3) is 0.417. The summed E-state index contributed by atoms with van der Waals surface area (Å²) in [4.78, 5) is 38.7. The summed E-state index contributed by atoms with van der Waals surface area (Å²) in [6.07, 6.45) is 5.66. The lowest BCUT2D eigenvalue weighted by Crippen LogP contribution is -2.50. The molecule has 2 aromatic rings. The lowest BCUT2D eigenvalue weighted by Gasteiger charge is -2.34. The van der Waals surface area contributed by atoms with Gasteiger partial charge in [0, 0.05) is 43.4 Å². The van der Waals surface area contributed by atoms with Crippen molar-refractivity contribution in [1.82, 2.24) is 14.8 Å². The van der Waals surface area contributed by atoms with Crippen molar-refractivity contribution < 1.29 is 19.1 Å². The van der Waals surface area contributed by atoms with E-state index < -0.39 is 17.6 Å². The first kappa shape index (κ1) is 24.0. The Morgan fingerprint density at radius 2 is 1.91 bits per heavy atom. The van der Waals surface area contributed by atoms with E-state index in [1.807, 2.05) is 32.9 Å². The van der Waals surface area contributed by atoms with Gasteiger partial charge in [-0.2, -0.15) is 0 Å². The molecule has 4 N–H and O–H groups in total. The molecule has 9 heteroatoms. The Labute approximate surface area is 193 Å². The maximum Gasteiger partial charge on any atom is 0.410 e. The molecule has 1 aliphatic rings. The molecular formula is C24H31N5O4. The molecule has 0 saturated carbocycles. The molecule has 0 aliphatic carbocycles. The summed E-state index contributed by atoms with van der Waals surface area (Å²) in [6, 6.07) is 7.02. The number of primary amides is 1. The molecule has 1 aliphatic heterocycles. The van der Waals surface area contributed by atoms with Crippen LogP contribution in [0, 0.1) is 5.41 Å². The fourth-order valence-electron chi connectivity index (χ4n) is 3.77. The quantitative estimate of drug-likeness (QED) is 0.580. The third-order valence-corrected chi connectivity index (χ3v) is 5.28. The van der Waals surface area contributed by atoms with E-state index in [1.54, 1.807) is 34.0 Å². The molecule has 0 unspecified atom stereocenters. The van der Waals surface area contributed by atoms with E-state index >= 15 is 0 Å². The van der Waals surface area contributed by atoms with Gasteiger partial charge in [-0.3, -0.25) is 9.59 Å². The number of aromatic nitrogens is 1. The number of likely N-dealkylation sites (tertiary alicyclic amines) is 1. The van der Waals surface area contributed by atoms with E-state index in [2.05, 4.69) is 5.32 Å². The lowest BCUT2D eigenvalue weighted by atomic mass is 10.0. The van der Waals surface area contributed by atoms with E-state index in [4.69, 9.17) is 15.9 Å². The van der Waals surface area contributed by atoms with Gasteiger partial charge in [-0.05, 0) is 56.9 Å². The minimum atomic E-state index is -0.587. The second-order valence-corrected chi connectivity index (χ2v) is 9.22. The number of carbonyl (C=O) groups excluding carboxylic acids is 3. The Kier molecular flexibility index (Phi) is 7.20. The van der Waals surface area contributed by atoms with Gasteiger partial charge in [0.25, 0.3) is 5.91 Å². The molecule has 1 saturated heterocycles. The number of amides is 3. The summed E-state index contributed by atoms with van der Waals surface area (Å²) < 4.78 is 7.21. The second kappa shape index (κ2) is 9.89. The van der Waals surface area contributed by atoms with Crippen molar-refractivity contribution >= 4 is 24.1 Å². The number of rotatable bonds is 6. The van der Waals surface area contributed by atoms with Crippen LogP contribution in [0.4, 0.5) is 4.79 Å². The largest absolute Gasteiger partial charge is 0.444 e. The summed E-state index contributed by atoms with van der Waals surface area (Å²) in [7, 11) is 0. The van der Waals surface area contributed by atoms with Gasteiger partial charge < -0.3 is 30.7 Å². The van der Waals surface area contributed by atoms with Crippen LogP contribution in [0.2, 0.25) is 0 Å². The highest BCUT2D eigenvalue weighted by Crippen LogP contribution is 2.19. The first-order chi connectivity index (χ1) is 15.6. The number of hydrogen-bond acceptors (Lipinski definition) is 5. The topological polar surface area (TPSA) is 131 Å². The van der Waals surface area contributed by atoms with Crippen LogP contribution < -0.4 is 11.1 Å². The van der Waals surface area contributed by atoms with Gasteiger partial charge in [0.15, 0.2) is 0 Å². The molecule has 1 atom stereocenters. The summed E-state index contributed by atoms with van der Waals surface area (Å²) in [5, 5.41) is 10.3. The molecule has 3 amide bonds. The van der Waals surface area contributed by atoms with Crippen molar-refractivity contribution in [3.63, 3.8) is 0 Å². The van der Waals surface area contributed by atoms with Crippen molar-refractivity contribution in [1.29, 1.82) is 5.41 Å². The molecule has 0 radical (unpaired) electrons. The van der Waals surface area contributed by atoms with Gasteiger partial charge in [-0.15, -0.1) is 0 Å². The van der Waals surface area contributed by atoms with Gasteiger partial charge in [0.2, 0.25) is 5.91 Å². The Bertz CT molecular complexity index is 1040. The molecule has 2 heterocycles. The number of nitrogens with two attached hydrogens (primary N) is 1. The minimum Gasteiger partial charge on any atom is -0.444 e. The summed E-state index contributed by atoms with van der Waals surface area (Å²) in [6.45, 7) is 6.39. The van der Waals surface area contributed by atoms with Crippen molar-refractivity contribution in [2.45, 2.75) is 51.7 Å². The highest BCUT2D eigenvalue weighted by atomic mass is 16.6. The maximum absolute atomic E-state index is 13.1. The smallest absolute Gasteiger partial charge is 0.410 e. The molecule has 176 valence electrons. The first-order valence-electron chi connectivity index (χ1n) is 10.9. The van der Waals surface area contributed by atoms with Crippen LogP contribution in [0.15, 0.2) is 36.7 Å². The lowest BCUT2D eigenvalue weighted by molar-refractivity contribution is -0.117. The molecule has 1 fully saturated rings. The average molecular weight is 454 g/mol. The standard InChI is InChI=1S/C24H31N5O4/c1-24(2,3)33-23(32)28-10-4-5-18(14-28)27-22(31)20-15-29(13-17(20)11-21(26)30)19-8-6-16(12-25)7-9-19/h6-9,12-13,15,18,25H,4-5,10-11,14H2,1-3H3,(H2,26,30)(H,27,31)/t18-/m0/s1. The highest BCUT2D eigenvalue weighted by molar-refractivity contribution is 5.97.